The molecule has 1 unspecified atom stereocenters. The lowest BCUT2D eigenvalue weighted by Crippen LogP contribution is -2.46. The lowest BCUT2D eigenvalue weighted by molar-refractivity contribution is 0.0999. The molecule has 0 saturated carbocycles. The molecule has 0 aliphatic carbocycles. The molecule has 1 aliphatic heterocycles. The van der Waals surface area contributed by atoms with Gasteiger partial charge in [0.25, 0.3) is 0 Å². The maximum Gasteiger partial charge on any atom is 0.0816 e. The first-order chi connectivity index (χ1) is 13.2. The Morgan fingerprint density at radius 3 is 2.46 bits per heavy atom. The lowest BCUT2D eigenvalue weighted by atomic mass is 10.0. The summed E-state index contributed by atoms with van der Waals surface area (Å²) in [6, 6.07) is 16.6. The van der Waals surface area contributed by atoms with Gasteiger partial charge >= 0.3 is 0 Å². The van der Waals surface area contributed by atoms with Gasteiger partial charge in [-0.05, 0) is 40.4 Å². The minimum Gasteiger partial charge on any atom is -0.399 e. The maximum absolute atomic E-state index is 10.7. The summed E-state index contributed by atoms with van der Waals surface area (Å²) in [4.78, 5) is 4.98. The van der Waals surface area contributed by atoms with E-state index in [1.807, 2.05) is 18.2 Å². The quantitative estimate of drug-likeness (QED) is 0.591. The molecule has 0 spiro atoms. The number of benzene rings is 2. The SMILES string of the molecule is Cl.Nc1ccc2c(C(O)CCN3CCN(Cc4ccccc4)CC3)csc2c1. The first-order valence-electron chi connectivity index (χ1n) is 9.62. The van der Waals surface area contributed by atoms with Gasteiger partial charge in [-0.15, -0.1) is 23.7 Å². The fourth-order valence-electron chi connectivity index (χ4n) is 3.80. The Bertz CT molecular complexity index is 878. The number of nitrogens with two attached hydrogens (primary N) is 1. The molecule has 28 heavy (non-hydrogen) atoms. The van der Waals surface area contributed by atoms with Crippen molar-refractivity contribution in [1.82, 2.24) is 9.80 Å². The van der Waals surface area contributed by atoms with Gasteiger partial charge in [0.2, 0.25) is 0 Å². The van der Waals surface area contributed by atoms with E-state index in [1.54, 1.807) is 11.3 Å². The molecule has 0 amide bonds. The molecule has 4 nitrogen and oxygen atoms in total. The average molecular weight is 418 g/mol. The number of nitrogen functional groups attached to an aromatic ring is 1. The van der Waals surface area contributed by atoms with E-state index in [1.165, 1.54) is 5.56 Å². The van der Waals surface area contributed by atoms with E-state index in [0.717, 1.165) is 67.0 Å². The fraction of sp³-hybridized carbons (Fsp3) is 0.364. The monoisotopic (exact) mass is 417 g/mol. The standard InChI is InChI=1S/C22H27N3OS.ClH/c23-18-6-7-19-20(16-27-22(19)14-18)21(26)8-9-24-10-12-25(13-11-24)15-17-4-2-1-3-5-17;/h1-7,14,16,21,26H,8-13,15,23H2;1H. The van der Waals surface area contributed by atoms with Crippen molar-refractivity contribution < 1.29 is 5.11 Å². The summed E-state index contributed by atoms with van der Waals surface area (Å²) in [6.07, 6.45) is 0.360. The van der Waals surface area contributed by atoms with Crippen LogP contribution in [0, 0.1) is 0 Å². The van der Waals surface area contributed by atoms with Gasteiger partial charge < -0.3 is 15.7 Å². The van der Waals surface area contributed by atoms with Crippen LogP contribution in [0.1, 0.15) is 23.7 Å². The molecule has 0 radical (unpaired) electrons. The predicted octanol–water partition coefficient (Wildman–Crippen LogP) is 4.15. The normalized spacial score (nSPS) is 16.8. The van der Waals surface area contributed by atoms with E-state index in [0.29, 0.717) is 0 Å². The van der Waals surface area contributed by atoms with Crippen molar-refractivity contribution in [2.24, 2.45) is 0 Å². The lowest BCUT2D eigenvalue weighted by Gasteiger charge is -2.35. The van der Waals surface area contributed by atoms with E-state index in [4.69, 9.17) is 5.73 Å². The Morgan fingerprint density at radius 1 is 1.00 bits per heavy atom. The molecule has 6 heteroatoms. The molecule has 150 valence electrons. The van der Waals surface area contributed by atoms with Crippen LogP contribution in [0.25, 0.3) is 10.1 Å². The first-order valence-corrected chi connectivity index (χ1v) is 10.5. The van der Waals surface area contributed by atoms with Crippen molar-refractivity contribution >= 4 is 39.5 Å². The van der Waals surface area contributed by atoms with Crippen LogP contribution in [-0.2, 0) is 6.54 Å². The van der Waals surface area contributed by atoms with Crippen molar-refractivity contribution in [1.29, 1.82) is 0 Å². The highest BCUT2D eigenvalue weighted by Crippen LogP contribution is 2.33. The summed E-state index contributed by atoms with van der Waals surface area (Å²) in [5, 5.41) is 13.9. The second-order valence-electron chi connectivity index (χ2n) is 7.35. The predicted molar refractivity (Wildman–Crippen MR) is 121 cm³/mol. The highest BCUT2D eigenvalue weighted by atomic mass is 35.5. The molecular weight excluding hydrogens is 390 g/mol. The largest absolute Gasteiger partial charge is 0.399 e. The average Bonchev–Trinajstić information content (AvgIpc) is 3.11. The highest BCUT2D eigenvalue weighted by molar-refractivity contribution is 7.17. The van der Waals surface area contributed by atoms with Crippen LogP contribution in [0.5, 0.6) is 0 Å². The zero-order valence-electron chi connectivity index (χ0n) is 16.0. The number of piperazine rings is 1. The molecule has 2 heterocycles. The molecule has 4 rings (SSSR count). The van der Waals surface area contributed by atoms with Gasteiger partial charge in [0.15, 0.2) is 0 Å². The summed E-state index contributed by atoms with van der Waals surface area (Å²) in [7, 11) is 0. The van der Waals surface area contributed by atoms with Crippen molar-refractivity contribution in [3.63, 3.8) is 0 Å². The third-order valence-corrected chi connectivity index (χ3v) is 6.38. The molecular formula is C22H28ClN3OS. The van der Waals surface area contributed by atoms with Gasteiger partial charge in [-0.1, -0.05) is 36.4 Å². The number of rotatable bonds is 6. The van der Waals surface area contributed by atoms with Gasteiger partial charge in [0.1, 0.15) is 0 Å². The number of thiophene rings is 1. The van der Waals surface area contributed by atoms with Crippen LogP contribution >= 0.6 is 23.7 Å². The number of hydrogen-bond donors (Lipinski definition) is 2. The van der Waals surface area contributed by atoms with Crippen LogP contribution < -0.4 is 5.73 Å². The number of aliphatic hydroxyl groups excluding tert-OH is 1. The summed E-state index contributed by atoms with van der Waals surface area (Å²) in [5.74, 6) is 0. The number of fused-ring (bicyclic) bond motifs is 1. The topological polar surface area (TPSA) is 52.7 Å². The van der Waals surface area contributed by atoms with Crippen LogP contribution in [0.15, 0.2) is 53.9 Å². The van der Waals surface area contributed by atoms with Crippen LogP contribution in [-0.4, -0.2) is 47.6 Å². The number of halogens is 1. The molecule has 3 aromatic rings. The first kappa shape index (κ1) is 21.1. The van der Waals surface area contributed by atoms with Crippen LogP contribution in [0.4, 0.5) is 5.69 Å². The van der Waals surface area contributed by atoms with Crippen molar-refractivity contribution in [2.45, 2.75) is 19.1 Å². The third-order valence-electron chi connectivity index (χ3n) is 5.42. The number of anilines is 1. The van der Waals surface area contributed by atoms with Gasteiger partial charge in [0, 0.05) is 49.7 Å². The Kier molecular flexibility index (Phi) is 7.32. The second kappa shape index (κ2) is 9.72. The van der Waals surface area contributed by atoms with E-state index < -0.39 is 6.10 Å². The van der Waals surface area contributed by atoms with Crippen LogP contribution in [0.3, 0.4) is 0 Å². The molecule has 3 N–H and O–H groups in total. The Morgan fingerprint density at radius 2 is 1.71 bits per heavy atom. The molecule has 0 bridgehead atoms. The summed E-state index contributed by atoms with van der Waals surface area (Å²) in [5.41, 5.74) is 9.06. The molecule has 2 aromatic carbocycles. The summed E-state index contributed by atoms with van der Waals surface area (Å²) < 4.78 is 1.15. The van der Waals surface area contributed by atoms with Gasteiger partial charge in [-0.2, -0.15) is 0 Å². The number of hydrogen-bond acceptors (Lipinski definition) is 5. The summed E-state index contributed by atoms with van der Waals surface area (Å²) >= 11 is 1.66. The number of nitrogens with zero attached hydrogens (tertiary/aromatic N) is 2. The van der Waals surface area contributed by atoms with Gasteiger partial charge in [-0.3, -0.25) is 4.90 Å². The van der Waals surface area contributed by atoms with Gasteiger partial charge in [-0.25, -0.2) is 0 Å². The Balaban J connectivity index is 0.00000225. The molecule has 1 saturated heterocycles. The maximum atomic E-state index is 10.7. The molecule has 1 aromatic heterocycles. The van der Waals surface area contributed by atoms with Gasteiger partial charge in [0.05, 0.1) is 6.10 Å². The minimum atomic E-state index is -0.412. The van der Waals surface area contributed by atoms with Crippen molar-refractivity contribution in [3.8, 4) is 0 Å². The minimum absolute atomic E-state index is 0. The van der Waals surface area contributed by atoms with E-state index in [9.17, 15) is 5.11 Å². The zero-order chi connectivity index (χ0) is 18.6. The number of aliphatic hydroxyl groups is 1. The molecule has 1 fully saturated rings. The van der Waals surface area contributed by atoms with E-state index in [-0.39, 0.29) is 12.4 Å². The Hall–Kier alpha value is -1.63. The van der Waals surface area contributed by atoms with E-state index in [2.05, 4.69) is 45.5 Å². The fourth-order valence-corrected chi connectivity index (χ4v) is 4.85. The highest BCUT2D eigenvalue weighted by Gasteiger charge is 2.19. The van der Waals surface area contributed by atoms with Crippen molar-refractivity contribution in [2.75, 3.05) is 38.5 Å². The zero-order valence-corrected chi connectivity index (χ0v) is 17.6. The Labute approximate surface area is 177 Å². The third kappa shape index (κ3) is 5.04. The second-order valence-corrected chi connectivity index (χ2v) is 8.27. The molecule has 1 aliphatic rings. The van der Waals surface area contributed by atoms with Crippen LogP contribution in [0.2, 0.25) is 0 Å². The summed E-state index contributed by atoms with van der Waals surface area (Å²) in [6.45, 7) is 6.28. The van der Waals surface area contributed by atoms with E-state index >= 15 is 0 Å². The smallest absolute Gasteiger partial charge is 0.0816 e. The molecule has 1 atom stereocenters. The van der Waals surface area contributed by atoms with Crippen molar-refractivity contribution in [3.05, 3.63) is 65.0 Å².